The number of amides is 1. The van der Waals surface area contributed by atoms with E-state index >= 15 is 0 Å². The van der Waals surface area contributed by atoms with Gasteiger partial charge in [0.15, 0.2) is 0 Å². The summed E-state index contributed by atoms with van der Waals surface area (Å²) in [4.78, 5) is 28.0. The molecule has 3 N–H and O–H groups in total. The van der Waals surface area contributed by atoms with E-state index in [1.54, 1.807) is 42.7 Å². The number of anilines is 2. The number of methoxy groups -OCH3 is 1. The fraction of sp³-hybridized carbons (Fsp3) is 0.107. The van der Waals surface area contributed by atoms with Gasteiger partial charge in [0.1, 0.15) is 17.4 Å². The molecular formula is C28H23Cl2N5O2S. The number of nitrogen functional groups attached to an aromatic ring is 1. The number of hydrogen-bond donors (Lipinski definition) is 2. The van der Waals surface area contributed by atoms with Crippen molar-refractivity contribution in [2.24, 2.45) is 0 Å². The van der Waals surface area contributed by atoms with Gasteiger partial charge in [-0.05, 0) is 47.5 Å². The molecule has 3 aromatic heterocycles. The van der Waals surface area contributed by atoms with E-state index < -0.39 is 0 Å². The number of carbonyl (C=O) groups excluding carboxylic acids is 1. The van der Waals surface area contributed by atoms with E-state index in [9.17, 15) is 4.79 Å². The van der Waals surface area contributed by atoms with E-state index in [2.05, 4.69) is 15.0 Å². The van der Waals surface area contributed by atoms with Crippen molar-refractivity contribution >= 4 is 52.0 Å². The van der Waals surface area contributed by atoms with Gasteiger partial charge in [-0.15, -0.1) is 11.3 Å². The lowest BCUT2D eigenvalue weighted by Crippen LogP contribution is -2.28. The van der Waals surface area contributed by atoms with E-state index in [1.165, 1.54) is 18.3 Å². The molecule has 7 nitrogen and oxygen atoms in total. The molecule has 0 bridgehead atoms. The monoisotopic (exact) mass is 563 g/mol. The second-order valence-corrected chi connectivity index (χ2v) is 10.3. The second-order valence-electron chi connectivity index (χ2n) is 8.47. The van der Waals surface area contributed by atoms with Crippen LogP contribution < -0.4 is 15.4 Å². The van der Waals surface area contributed by atoms with E-state index in [-0.39, 0.29) is 5.91 Å². The molecule has 5 rings (SSSR count). The molecule has 5 aromatic rings. The topological polar surface area (TPSA) is 97.1 Å². The molecule has 0 unspecified atom stereocenters. The first-order valence-electron chi connectivity index (χ1n) is 11.6. The number of thiophene rings is 1. The molecule has 192 valence electrons. The zero-order valence-electron chi connectivity index (χ0n) is 20.5. The van der Waals surface area contributed by atoms with Gasteiger partial charge < -0.3 is 15.5 Å². The van der Waals surface area contributed by atoms with Gasteiger partial charge >= 0.3 is 0 Å². The number of hydrogen-bond acceptors (Lipinski definition) is 6. The Bertz CT molecular complexity index is 1600. The molecule has 3 heterocycles. The molecule has 38 heavy (non-hydrogen) atoms. The molecule has 0 saturated heterocycles. The van der Waals surface area contributed by atoms with E-state index in [4.69, 9.17) is 33.7 Å². The predicted octanol–water partition coefficient (Wildman–Crippen LogP) is 7.32. The highest BCUT2D eigenvalue weighted by molar-refractivity contribution is 7.20. The van der Waals surface area contributed by atoms with Crippen molar-refractivity contribution < 1.29 is 9.53 Å². The van der Waals surface area contributed by atoms with Crippen molar-refractivity contribution in [1.29, 1.82) is 0 Å². The molecule has 0 saturated carbocycles. The van der Waals surface area contributed by atoms with Gasteiger partial charge in [-0.25, -0.2) is 9.97 Å². The maximum Gasteiger partial charge on any atom is 0.225 e. The number of nitrogens with one attached hydrogen (secondary N) is 1. The third-order valence-corrected chi connectivity index (χ3v) is 7.83. The SMILES string of the molecule is COc1ccc(CN(C(C)=O)c2cc(-c3sc(-c4ncc[nH]4)c(-c4ccc(Cl)cc4Cl)c3N)ccn2)cc1. The van der Waals surface area contributed by atoms with Gasteiger partial charge in [0.25, 0.3) is 0 Å². The number of halogens is 2. The summed E-state index contributed by atoms with van der Waals surface area (Å²) in [6.07, 6.45) is 5.12. The quantitative estimate of drug-likeness (QED) is 0.216. The highest BCUT2D eigenvalue weighted by Crippen LogP contribution is 2.50. The van der Waals surface area contributed by atoms with Crippen LogP contribution in [0.3, 0.4) is 0 Å². The zero-order valence-corrected chi connectivity index (χ0v) is 22.9. The molecule has 0 fully saturated rings. The first-order valence-corrected chi connectivity index (χ1v) is 13.2. The van der Waals surface area contributed by atoms with E-state index in [1.807, 2.05) is 42.5 Å². The van der Waals surface area contributed by atoms with Crippen molar-refractivity contribution in [3.8, 4) is 38.0 Å². The van der Waals surface area contributed by atoms with Crippen molar-refractivity contribution in [2.45, 2.75) is 13.5 Å². The second kappa shape index (κ2) is 10.9. The largest absolute Gasteiger partial charge is 0.497 e. The number of aromatic amines is 1. The summed E-state index contributed by atoms with van der Waals surface area (Å²) >= 11 is 14.2. The first kappa shape index (κ1) is 25.8. The van der Waals surface area contributed by atoms with Crippen LogP contribution in [0.15, 0.2) is 73.2 Å². The summed E-state index contributed by atoms with van der Waals surface area (Å²) in [6, 6.07) is 16.6. The minimum absolute atomic E-state index is 0.130. The maximum absolute atomic E-state index is 12.7. The van der Waals surface area contributed by atoms with Crippen LogP contribution >= 0.6 is 34.5 Å². The lowest BCUT2D eigenvalue weighted by Gasteiger charge is -2.21. The number of nitrogens with zero attached hydrogens (tertiary/aromatic N) is 3. The Hall–Kier alpha value is -3.85. The minimum atomic E-state index is -0.130. The van der Waals surface area contributed by atoms with Crippen molar-refractivity contribution in [3.05, 3.63) is 88.8 Å². The van der Waals surface area contributed by atoms with E-state index in [0.29, 0.717) is 33.9 Å². The molecule has 0 aliphatic heterocycles. The third-order valence-electron chi connectivity index (χ3n) is 6.02. The Labute approximate surface area is 233 Å². The van der Waals surface area contributed by atoms with Crippen LogP contribution in [0.1, 0.15) is 12.5 Å². The fourth-order valence-electron chi connectivity index (χ4n) is 4.15. The first-order chi connectivity index (χ1) is 18.4. The van der Waals surface area contributed by atoms with Gasteiger partial charge in [0.2, 0.25) is 5.91 Å². The van der Waals surface area contributed by atoms with Crippen LogP contribution in [0.4, 0.5) is 11.5 Å². The summed E-state index contributed by atoms with van der Waals surface area (Å²) in [7, 11) is 1.62. The number of carbonyl (C=O) groups is 1. The van der Waals surface area contributed by atoms with Crippen LogP contribution in [0, 0.1) is 0 Å². The van der Waals surface area contributed by atoms with Gasteiger partial charge in [0, 0.05) is 41.7 Å². The highest BCUT2D eigenvalue weighted by Gasteiger charge is 2.24. The Kier molecular flexibility index (Phi) is 7.37. The number of ether oxygens (including phenoxy) is 1. The third kappa shape index (κ3) is 5.11. The highest BCUT2D eigenvalue weighted by atomic mass is 35.5. The number of H-pyrrole nitrogens is 1. The van der Waals surface area contributed by atoms with Crippen molar-refractivity contribution in [1.82, 2.24) is 15.0 Å². The average Bonchev–Trinajstić information content (AvgIpc) is 3.56. The summed E-state index contributed by atoms with van der Waals surface area (Å²) in [5, 5.41) is 1.02. The van der Waals surface area contributed by atoms with Gasteiger partial charge in [-0.1, -0.05) is 41.4 Å². The van der Waals surface area contributed by atoms with Gasteiger partial charge in [-0.2, -0.15) is 0 Å². The molecule has 0 radical (unpaired) electrons. The van der Waals surface area contributed by atoms with Crippen LogP contribution in [0.5, 0.6) is 5.75 Å². The molecule has 10 heteroatoms. The Morgan fingerprint density at radius 2 is 1.84 bits per heavy atom. The van der Waals surface area contributed by atoms with Crippen molar-refractivity contribution in [2.75, 3.05) is 17.7 Å². The summed E-state index contributed by atoms with van der Waals surface area (Å²) in [5.74, 6) is 1.81. The maximum atomic E-state index is 12.7. The van der Waals surface area contributed by atoms with E-state index in [0.717, 1.165) is 37.8 Å². The average molecular weight is 564 g/mol. The standard InChI is InChI=1S/C28H23Cl2N5O2S/c1-16(36)35(15-17-3-6-20(37-2)7-4-17)23-13-18(9-10-32-23)26-25(31)24(21-8-5-19(29)14-22(21)30)27(38-26)28-33-11-12-34-28/h3-14H,15,31H2,1-2H3,(H,33,34). The number of benzene rings is 2. The number of rotatable bonds is 7. The predicted molar refractivity (Wildman–Crippen MR) is 155 cm³/mol. The van der Waals surface area contributed by atoms with Gasteiger partial charge in [0.05, 0.1) is 34.1 Å². The number of imidazole rings is 1. The normalized spacial score (nSPS) is 10.9. The van der Waals surface area contributed by atoms with Crippen molar-refractivity contribution in [3.63, 3.8) is 0 Å². The molecule has 2 aromatic carbocycles. The van der Waals surface area contributed by atoms with Gasteiger partial charge in [-0.3, -0.25) is 9.69 Å². The van der Waals surface area contributed by atoms with Crippen LogP contribution in [0.2, 0.25) is 10.0 Å². The van der Waals surface area contributed by atoms with Crippen LogP contribution in [-0.2, 0) is 11.3 Å². The number of nitrogens with two attached hydrogens (primary N) is 1. The molecule has 1 amide bonds. The molecule has 0 atom stereocenters. The minimum Gasteiger partial charge on any atom is -0.497 e. The Morgan fingerprint density at radius 1 is 1.05 bits per heavy atom. The lowest BCUT2D eigenvalue weighted by molar-refractivity contribution is -0.116. The van der Waals surface area contributed by atoms with Crippen LogP contribution in [-0.4, -0.2) is 28.0 Å². The Balaban J connectivity index is 1.58. The molecule has 0 aliphatic carbocycles. The fourth-order valence-corrected chi connectivity index (χ4v) is 5.84. The smallest absolute Gasteiger partial charge is 0.225 e. The Morgan fingerprint density at radius 3 is 2.50 bits per heavy atom. The molecule has 0 aliphatic rings. The molecule has 0 spiro atoms. The number of aromatic nitrogens is 3. The number of pyridine rings is 1. The summed E-state index contributed by atoms with van der Waals surface area (Å²) in [6.45, 7) is 1.88. The molecular weight excluding hydrogens is 541 g/mol. The van der Waals surface area contributed by atoms with Crippen LogP contribution in [0.25, 0.3) is 32.3 Å². The summed E-state index contributed by atoms with van der Waals surface area (Å²) < 4.78 is 5.24. The summed E-state index contributed by atoms with van der Waals surface area (Å²) in [5.41, 5.74) is 10.6. The zero-order chi connectivity index (χ0) is 26.8. The lowest BCUT2D eigenvalue weighted by atomic mass is 10.0.